The van der Waals surface area contributed by atoms with Crippen LogP contribution in [0.4, 0.5) is 0 Å². The van der Waals surface area contributed by atoms with Gasteiger partial charge in [-0.15, -0.1) is 0 Å². The molecule has 6 nitrogen and oxygen atoms in total. The van der Waals surface area contributed by atoms with Crippen LogP contribution in [-0.4, -0.2) is 24.1 Å². The highest BCUT2D eigenvalue weighted by atomic mass is 16.5. The van der Waals surface area contributed by atoms with Crippen LogP contribution in [0.2, 0.25) is 0 Å². The molecule has 1 aliphatic heterocycles. The van der Waals surface area contributed by atoms with Crippen molar-refractivity contribution in [3.8, 4) is 11.5 Å². The number of hydrogen-bond donors (Lipinski definition) is 2. The summed E-state index contributed by atoms with van der Waals surface area (Å²) in [6.07, 6.45) is 1.38. The van der Waals surface area contributed by atoms with Crippen molar-refractivity contribution in [2.24, 2.45) is 5.10 Å². The lowest BCUT2D eigenvalue weighted by Crippen LogP contribution is -2.37. The molecule has 2 aromatic carbocycles. The summed E-state index contributed by atoms with van der Waals surface area (Å²) in [6.45, 7) is 0.505. The van der Waals surface area contributed by atoms with E-state index in [0.29, 0.717) is 31.5 Å². The van der Waals surface area contributed by atoms with Gasteiger partial charge < -0.3 is 10.1 Å². The van der Waals surface area contributed by atoms with Gasteiger partial charge >= 0.3 is 0 Å². The second kappa shape index (κ2) is 8.10. The molecule has 0 unspecified atom stereocenters. The van der Waals surface area contributed by atoms with Crippen molar-refractivity contribution in [1.29, 1.82) is 0 Å². The largest absolute Gasteiger partial charge is 0.457 e. The molecule has 25 heavy (non-hydrogen) atoms. The van der Waals surface area contributed by atoms with Crippen molar-refractivity contribution in [3.63, 3.8) is 0 Å². The van der Waals surface area contributed by atoms with Crippen molar-refractivity contribution in [3.05, 3.63) is 60.2 Å². The highest BCUT2D eigenvalue weighted by Gasteiger charge is 2.17. The van der Waals surface area contributed by atoms with Crippen molar-refractivity contribution >= 4 is 17.5 Å². The Labute approximate surface area is 145 Å². The number of hydrogen-bond acceptors (Lipinski definition) is 4. The van der Waals surface area contributed by atoms with Crippen LogP contribution in [0.5, 0.6) is 11.5 Å². The molecule has 128 valence electrons. The molecule has 0 saturated carbocycles. The minimum absolute atomic E-state index is 0.158. The second-order valence-electron chi connectivity index (χ2n) is 5.66. The summed E-state index contributed by atoms with van der Waals surface area (Å²) in [5.74, 6) is 1.17. The minimum Gasteiger partial charge on any atom is -0.457 e. The van der Waals surface area contributed by atoms with E-state index < -0.39 is 0 Å². The molecule has 0 radical (unpaired) electrons. The van der Waals surface area contributed by atoms with Crippen LogP contribution in [0.25, 0.3) is 0 Å². The molecule has 0 fully saturated rings. The SMILES string of the molecule is O=C1CCC(C(=O)NCCc2ccc(Oc3ccccc3)cc2)=NN1. The van der Waals surface area contributed by atoms with E-state index in [2.05, 4.69) is 15.8 Å². The summed E-state index contributed by atoms with van der Waals surface area (Å²) in [6, 6.07) is 17.4. The van der Waals surface area contributed by atoms with Crippen molar-refractivity contribution < 1.29 is 14.3 Å². The fourth-order valence-electron chi connectivity index (χ4n) is 2.41. The summed E-state index contributed by atoms with van der Waals surface area (Å²) in [7, 11) is 0. The molecule has 2 N–H and O–H groups in total. The van der Waals surface area contributed by atoms with Gasteiger partial charge in [-0.2, -0.15) is 5.10 Å². The predicted octanol–water partition coefficient (Wildman–Crippen LogP) is 2.40. The van der Waals surface area contributed by atoms with Gasteiger partial charge in [0.15, 0.2) is 0 Å². The van der Waals surface area contributed by atoms with Gasteiger partial charge in [-0.3, -0.25) is 9.59 Å². The lowest BCUT2D eigenvalue weighted by Gasteiger charge is -2.12. The highest BCUT2D eigenvalue weighted by molar-refractivity contribution is 6.39. The number of rotatable bonds is 6. The van der Waals surface area contributed by atoms with E-state index in [1.54, 1.807) is 0 Å². The maximum absolute atomic E-state index is 11.9. The molecular weight excluding hydrogens is 318 g/mol. The highest BCUT2D eigenvalue weighted by Crippen LogP contribution is 2.21. The number of hydrazone groups is 1. The fraction of sp³-hybridized carbons (Fsp3) is 0.211. The van der Waals surface area contributed by atoms with Gasteiger partial charge in [0.2, 0.25) is 5.91 Å². The number of carbonyl (C=O) groups excluding carboxylic acids is 2. The molecular formula is C19H19N3O3. The van der Waals surface area contributed by atoms with E-state index in [1.165, 1.54) is 0 Å². The summed E-state index contributed by atoms with van der Waals surface area (Å²) in [4.78, 5) is 23.0. The van der Waals surface area contributed by atoms with Crippen LogP contribution >= 0.6 is 0 Å². The van der Waals surface area contributed by atoms with Crippen molar-refractivity contribution in [2.45, 2.75) is 19.3 Å². The second-order valence-corrected chi connectivity index (χ2v) is 5.66. The topological polar surface area (TPSA) is 79.8 Å². The molecule has 1 heterocycles. The minimum atomic E-state index is -0.232. The Bertz CT molecular complexity index is 770. The van der Waals surface area contributed by atoms with Crippen molar-refractivity contribution in [2.75, 3.05) is 6.54 Å². The van der Waals surface area contributed by atoms with E-state index >= 15 is 0 Å². The van der Waals surface area contributed by atoms with E-state index in [4.69, 9.17) is 4.74 Å². The summed E-state index contributed by atoms with van der Waals surface area (Å²) < 4.78 is 5.74. The van der Waals surface area contributed by atoms with E-state index in [1.807, 2.05) is 54.6 Å². The molecule has 0 bridgehead atoms. The van der Waals surface area contributed by atoms with Gasteiger partial charge in [-0.25, -0.2) is 5.43 Å². The van der Waals surface area contributed by atoms with Crippen LogP contribution in [0.15, 0.2) is 59.7 Å². The molecule has 2 aromatic rings. The van der Waals surface area contributed by atoms with Crippen molar-refractivity contribution in [1.82, 2.24) is 10.7 Å². The van der Waals surface area contributed by atoms with Crippen LogP contribution in [0.3, 0.4) is 0 Å². The van der Waals surface area contributed by atoms with E-state index in [-0.39, 0.29) is 11.8 Å². The molecule has 0 aromatic heterocycles. The predicted molar refractivity (Wildman–Crippen MR) is 94.5 cm³/mol. The Balaban J connectivity index is 1.46. The number of nitrogens with zero attached hydrogens (tertiary/aromatic N) is 1. The Morgan fingerprint density at radius 1 is 1.04 bits per heavy atom. The third-order valence-corrected chi connectivity index (χ3v) is 3.77. The standard InChI is InChI=1S/C19H19N3O3/c23-18-11-10-17(21-22-18)19(24)20-13-12-14-6-8-16(9-7-14)25-15-4-2-1-3-5-15/h1-9H,10-13H2,(H,20,24)(H,22,23). The Kier molecular flexibility index (Phi) is 5.41. The number of para-hydroxylation sites is 1. The Hall–Kier alpha value is -3.15. The first-order valence-electron chi connectivity index (χ1n) is 8.16. The zero-order valence-corrected chi connectivity index (χ0v) is 13.7. The Morgan fingerprint density at radius 3 is 2.44 bits per heavy atom. The van der Waals surface area contributed by atoms with Crippen LogP contribution in [0, 0.1) is 0 Å². The number of nitrogens with one attached hydrogen (secondary N) is 2. The van der Waals surface area contributed by atoms with E-state index in [0.717, 1.165) is 17.1 Å². The maximum Gasteiger partial charge on any atom is 0.267 e. The molecule has 0 atom stereocenters. The summed E-state index contributed by atoms with van der Waals surface area (Å²) in [5, 5.41) is 6.59. The molecule has 3 rings (SSSR count). The molecule has 2 amide bonds. The van der Waals surface area contributed by atoms with Gasteiger partial charge in [-0.1, -0.05) is 30.3 Å². The van der Waals surface area contributed by atoms with Gasteiger partial charge in [0, 0.05) is 19.4 Å². The maximum atomic E-state index is 11.9. The average molecular weight is 337 g/mol. The zero-order chi connectivity index (χ0) is 17.5. The molecule has 1 aliphatic rings. The van der Waals surface area contributed by atoms with Gasteiger partial charge in [0.1, 0.15) is 17.2 Å². The number of carbonyl (C=O) groups is 2. The fourth-order valence-corrected chi connectivity index (χ4v) is 2.41. The van der Waals surface area contributed by atoms with Gasteiger partial charge in [0.05, 0.1) is 0 Å². The molecule has 0 saturated heterocycles. The number of amides is 2. The average Bonchev–Trinajstić information content (AvgIpc) is 2.64. The quantitative estimate of drug-likeness (QED) is 0.849. The normalized spacial score (nSPS) is 13.6. The van der Waals surface area contributed by atoms with Gasteiger partial charge in [0.25, 0.3) is 5.91 Å². The lowest BCUT2D eigenvalue weighted by atomic mass is 10.1. The first-order chi connectivity index (χ1) is 12.2. The zero-order valence-electron chi connectivity index (χ0n) is 13.7. The first kappa shape index (κ1) is 16.7. The van der Waals surface area contributed by atoms with E-state index in [9.17, 15) is 9.59 Å². The molecule has 6 heteroatoms. The van der Waals surface area contributed by atoms with Crippen LogP contribution in [0.1, 0.15) is 18.4 Å². The summed E-state index contributed by atoms with van der Waals surface area (Å²) >= 11 is 0. The summed E-state index contributed by atoms with van der Waals surface area (Å²) in [5.41, 5.74) is 3.79. The van der Waals surface area contributed by atoms with Crippen LogP contribution in [-0.2, 0) is 16.0 Å². The third kappa shape index (κ3) is 4.91. The molecule has 0 spiro atoms. The van der Waals surface area contributed by atoms with Crippen LogP contribution < -0.4 is 15.5 Å². The number of ether oxygens (including phenoxy) is 1. The third-order valence-electron chi connectivity index (χ3n) is 3.77. The number of benzene rings is 2. The lowest BCUT2D eigenvalue weighted by molar-refractivity contribution is -0.121. The molecule has 0 aliphatic carbocycles. The Morgan fingerprint density at radius 2 is 1.76 bits per heavy atom. The monoisotopic (exact) mass is 337 g/mol. The smallest absolute Gasteiger partial charge is 0.267 e. The first-order valence-corrected chi connectivity index (χ1v) is 8.16. The van der Waals surface area contributed by atoms with Gasteiger partial charge in [-0.05, 0) is 36.2 Å².